The first kappa shape index (κ1) is 76.5. The number of aromatic nitrogens is 9. The van der Waals surface area contributed by atoms with Crippen LogP contribution in [0.15, 0.2) is 461 Å². The molecule has 0 aliphatic carbocycles. The average Bonchev–Trinajstić information content (AvgIpc) is 1.45. The van der Waals surface area contributed by atoms with Gasteiger partial charge in [-0.05, 0) is 155 Å². The summed E-state index contributed by atoms with van der Waals surface area (Å²) >= 11 is 7.02. The molecular weight excluding hydrogens is 1600 g/mol. The number of fused-ring (bicyclic) bond motifs is 21. The number of rotatable bonds is 11. The molecule has 0 aliphatic rings. The molecule has 0 fully saturated rings. The van der Waals surface area contributed by atoms with E-state index in [1.165, 1.54) is 120 Å². The maximum atomic E-state index is 7.02. The van der Waals surface area contributed by atoms with Crippen LogP contribution >= 0.6 is 11.6 Å². The van der Waals surface area contributed by atoms with Crippen LogP contribution in [0.1, 0.15) is 0 Å². The van der Waals surface area contributed by atoms with Crippen molar-refractivity contribution in [3.05, 3.63) is 466 Å². The second-order valence-electron chi connectivity index (χ2n) is 32.9. The zero-order valence-corrected chi connectivity index (χ0v) is 71.0. The highest BCUT2D eigenvalue weighted by Crippen LogP contribution is 2.44. The third-order valence-electron chi connectivity index (χ3n) is 25.3. The van der Waals surface area contributed by atoms with E-state index in [0.29, 0.717) is 34.0 Å². The van der Waals surface area contributed by atoms with Crippen molar-refractivity contribution in [2.45, 2.75) is 0 Å². The molecule has 0 radical (unpaired) electrons. The van der Waals surface area contributed by atoms with Gasteiger partial charge in [-0.2, -0.15) is 0 Å². The second-order valence-corrected chi connectivity index (χ2v) is 33.3. The molecule has 6 heterocycles. The summed E-state index contributed by atoms with van der Waals surface area (Å²) < 4.78 is 7.06. The number of imidazole rings is 1. The van der Waals surface area contributed by atoms with E-state index >= 15 is 0 Å². The van der Waals surface area contributed by atoms with Crippen molar-refractivity contribution in [3.63, 3.8) is 0 Å². The Balaban J connectivity index is 0.000000108. The molecule has 130 heavy (non-hydrogen) atoms. The predicted molar refractivity (Wildman–Crippen MR) is 542 cm³/mol. The van der Waals surface area contributed by atoms with Gasteiger partial charge in [0.2, 0.25) is 0 Å². The lowest BCUT2D eigenvalue weighted by Gasteiger charge is -2.14. The van der Waals surface area contributed by atoms with Crippen LogP contribution in [0.5, 0.6) is 0 Å². The first-order valence-corrected chi connectivity index (χ1v) is 44.2. The summed E-state index contributed by atoms with van der Waals surface area (Å²) in [6.07, 6.45) is 0. The smallest absolute Gasteiger partial charge is 0.164 e. The molecule has 20 aromatic carbocycles. The monoisotopic (exact) mass is 1680 g/mol. The van der Waals surface area contributed by atoms with Gasteiger partial charge in [0.25, 0.3) is 0 Å². The maximum absolute atomic E-state index is 7.02. The first-order valence-electron chi connectivity index (χ1n) is 43.8. The number of nitrogens with zero attached hydrogens (tertiary/aromatic N) is 9. The Hall–Kier alpha value is -17.1. The van der Waals surface area contributed by atoms with Crippen molar-refractivity contribution < 1.29 is 0 Å². The van der Waals surface area contributed by atoms with Gasteiger partial charge in [0, 0.05) is 82.5 Å². The molecule has 6 aromatic heterocycles. The molecule has 0 unspecified atom stereocenters. The first-order chi connectivity index (χ1) is 64.4. The molecule has 9 nitrogen and oxygen atoms in total. The van der Waals surface area contributed by atoms with E-state index in [2.05, 4.69) is 353 Å². The van der Waals surface area contributed by atoms with Gasteiger partial charge in [-0.1, -0.05) is 394 Å². The van der Waals surface area contributed by atoms with Gasteiger partial charge in [-0.15, -0.1) is 0 Å². The van der Waals surface area contributed by atoms with Crippen molar-refractivity contribution in [3.8, 4) is 113 Å². The van der Waals surface area contributed by atoms with Crippen LogP contribution in [0.4, 0.5) is 0 Å². The SMILES string of the molecule is Clc1c(-c2ccccc2)nc(-c2ccccc2)nc1-c1ccc(-c2ccc(-n3c4ccccc4c4ccccc43)cc2)cc1.c1ccc(-c2nc(-c3ccccc3)nc(-c3ccc(-c4ccc(-n5c6ccccc6c6c7ccccc7ccc65)cc4)cc3)n2)cc1.c1ccc2c(c1)ccc1ccc(-c3ccc4c5c6ccccc6ccc5c5nc6ccccc6n5c4c3)cc12. The summed E-state index contributed by atoms with van der Waals surface area (Å²) in [5, 5.41) is 19.5. The predicted octanol–water partition coefficient (Wildman–Crippen LogP) is 31.6. The molecule has 10 heteroatoms. The number of benzene rings is 20. The van der Waals surface area contributed by atoms with E-state index in [0.717, 1.165) is 89.4 Å². The molecule has 0 bridgehead atoms. The zero-order chi connectivity index (χ0) is 86.1. The van der Waals surface area contributed by atoms with Crippen LogP contribution in [-0.2, 0) is 0 Å². The van der Waals surface area contributed by atoms with E-state index in [1.54, 1.807) is 0 Å². The summed E-state index contributed by atoms with van der Waals surface area (Å²) in [5.74, 6) is 2.62. The lowest BCUT2D eigenvalue weighted by Crippen LogP contribution is -2.00. The van der Waals surface area contributed by atoms with E-state index in [9.17, 15) is 0 Å². The van der Waals surface area contributed by atoms with Crippen LogP contribution in [0.3, 0.4) is 0 Å². The number of para-hydroxylation sites is 5. The Morgan fingerprint density at radius 3 is 1.04 bits per heavy atom. The minimum absolute atomic E-state index is 0.541. The Bertz CT molecular complexity index is 8770. The summed E-state index contributed by atoms with van der Waals surface area (Å²) in [6.45, 7) is 0. The van der Waals surface area contributed by atoms with Crippen molar-refractivity contribution in [1.82, 2.24) is 43.4 Å². The Kier molecular flexibility index (Phi) is 19.1. The number of pyridine rings is 1. The average molecular weight is 1680 g/mol. The number of halogens is 1. The van der Waals surface area contributed by atoms with E-state index in [-0.39, 0.29) is 0 Å². The highest BCUT2D eigenvalue weighted by atomic mass is 35.5. The Morgan fingerprint density at radius 2 is 0.500 bits per heavy atom. The Morgan fingerprint density at radius 1 is 0.177 bits per heavy atom. The molecule has 0 saturated carbocycles. The molecule has 0 N–H and O–H groups in total. The summed E-state index contributed by atoms with van der Waals surface area (Å²) in [5.41, 5.74) is 25.6. The van der Waals surface area contributed by atoms with E-state index in [1.807, 2.05) is 121 Å². The van der Waals surface area contributed by atoms with Crippen LogP contribution in [0.25, 0.3) is 238 Å². The standard InChI is InChI=1S/C43H28N4.C40H26ClN3.C37H22N2/c1-3-12-32(13-4-1)41-44-42(33-14-5-2-6-15-33)46-43(45-41)34-21-19-29(20-22-34)30-23-26-35(27-24-30)47-38-18-10-9-17-37(38)40-36-16-8-7-11-31(36)25-28-39(40)47;41-37-38(29-11-3-1-4-12-29)42-40(31-13-5-2-6-14-31)43-39(37)30-21-19-27(20-22-30)28-23-25-32(26-24-28)44-35-17-9-7-15-33(35)34-16-8-10-18-36(34)44;1-3-9-28-23(7-1)13-14-25-15-16-26(21-32(25)28)27-18-19-30-35(22-27)39-34-12-6-5-11-33(34)38-37(39)31-20-17-24-8-2-4-10-29(24)36(30)31/h1-28H;1-26H;1-22H. The van der Waals surface area contributed by atoms with Gasteiger partial charge in [-0.25, -0.2) is 29.9 Å². The van der Waals surface area contributed by atoms with Crippen LogP contribution in [-0.4, -0.2) is 43.4 Å². The molecule has 0 atom stereocenters. The molecule has 0 spiro atoms. The maximum Gasteiger partial charge on any atom is 0.164 e. The van der Waals surface area contributed by atoms with Crippen molar-refractivity contribution in [1.29, 1.82) is 0 Å². The van der Waals surface area contributed by atoms with Crippen molar-refractivity contribution >= 4 is 137 Å². The minimum Gasteiger partial charge on any atom is -0.309 e. The molecule has 0 saturated heterocycles. The van der Waals surface area contributed by atoms with Crippen LogP contribution < -0.4 is 0 Å². The van der Waals surface area contributed by atoms with Gasteiger partial charge in [0.15, 0.2) is 23.3 Å². The lowest BCUT2D eigenvalue weighted by atomic mass is 9.95. The van der Waals surface area contributed by atoms with Gasteiger partial charge >= 0.3 is 0 Å². The fourth-order valence-corrected chi connectivity index (χ4v) is 19.3. The fraction of sp³-hybridized carbons (Fsp3) is 0. The fourth-order valence-electron chi connectivity index (χ4n) is 19.0. The van der Waals surface area contributed by atoms with Gasteiger partial charge in [0.05, 0.1) is 55.0 Å². The Labute approximate surface area is 753 Å². The van der Waals surface area contributed by atoms with Gasteiger partial charge in [-0.3, -0.25) is 4.40 Å². The van der Waals surface area contributed by atoms with Crippen molar-refractivity contribution in [2.24, 2.45) is 0 Å². The zero-order valence-electron chi connectivity index (χ0n) is 70.3. The molecule has 608 valence electrons. The highest BCUT2D eigenvalue weighted by Gasteiger charge is 2.23. The number of hydrogen-bond donors (Lipinski definition) is 0. The molecular formula is C120H76ClN9. The third kappa shape index (κ3) is 13.7. The quantitative estimate of drug-likeness (QED) is 0.120. The summed E-state index contributed by atoms with van der Waals surface area (Å²) in [6, 6.07) is 162. The van der Waals surface area contributed by atoms with Gasteiger partial charge in [0.1, 0.15) is 5.65 Å². The molecule has 0 amide bonds. The normalized spacial score (nSPS) is 11.6. The summed E-state index contributed by atoms with van der Waals surface area (Å²) in [4.78, 5) is 29.6. The molecule has 26 rings (SSSR count). The van der Waals surface area contributed by atoms with Gasteiger partial charge < -0.3 is 9.13 Å². The largest absolute Gasteiger partial charge is 0.309 e. The summed E-state index contributed by atoms with van der Waals surface area (Å²) in [7, 11) is 0. The van der Waals surface area contributed by atoms with Crippen molar-refractivity contribution in [2.75, 3.05) is 0 Å². The van der Waals surface area contributed by atoms with Crippen LogP contribution in [0, 0.1) is 0 Å². The van der Waals surface area contributed by atoms with Crippen LogP contribution in [0.2, 0.25) is 5.02 Å². The number of hydrogen-bond acceptors (Lipinski definition) is 6. The highest BCUT2D eigenvalue weighted by molar-refractivity contribution is 6.35. The molecule has 0 aliphatic heterocycles. The van der Waals surface area contributed by atoms with E-state index in [4.69, 9.17) is 41.5 Å². The lowest BCUT2D eigenvalue weighted by molar-refractivity contribution is 1.07. The minimum atomic E-state index is 0.541. The molecule has 26 aromatic rings. The van der Waals surface area contributed by atoms with E-state index < -0.39 is 0 Å². The second kappa shape index (κ2) is 32.5. The topological polar surface area (TPSA) is 91.6 Å². The third-order valence-corrected chi connectivity index (χ3v) is 25.7.